The molecule has 1 N–H and O–H groups in total. The van der Waals surface area contributed by atoms with Gasteiger partial charge in [0.25, 0.3) is 0 Å². The average Bonchev–Trinajstić information content (AvgIpc) is 2.45. The van der Waals surface area contributed by atoms with Crippen LogP contribution in [0.15, 0.2) is 17.1 Å². The molecule has 0 saturated heterocycles. The number of ether oxygens (including phenoxy) is 1. The molecule has 0 aliphatic heterocycles. The first-order valence-electron chi connectivity index (χ1n) is 4.25. The monoisotopic (exact) mass is 193 g/mol. The SMILES string of the molecule is COCc1cc(=O)[nH]c2nn(C)cc12. The van der Waals surface area contributed by atoms with E-state index in [1.807, 2.05) is 13.2 Å². The summed E-state index contributed by atoms with van der Waals surface area (Å²) >= 11 is 0. The number of aryl methyl sites for hydroxylation is 1. The number of hydrogen-bond donors (Lipinski definition) is 1. The zero-order valence-corrected chi connectivity index (χ0v) is 8.07. The highest BCUT2D eigenvalue weighted by Gasteiger charge is 2.05. The number of rotatable bonds is 2. The number of fused-ring (bicyclic) bond motifs is 1. The fraction of sp³-hybridized carbons (Fsp3) is 0.333. The van der Waals surface area contributed by atoms with Crippen LogP contribution in [0.1, 0.15) is 5.56 Å². The van der Waals surface area contributed by atoms with E-state index in [2.05, 4.69) is 10.1 Å². The Hall–Kier alpha value is -1.62. The molecular formula is C9H11N3O2. The molecule has 0 bridgehead atoms. The first-order chi connectivity index (χ1) is 6.70. The Bertz CT molecular complexity index is 512. The third-order valence-corrected chi connectivity index (χ3v) is 2.02. The van der Waals surface area contributed by atoms with Crippen LogP contribution in [0.3, 0.4) is 0 Å². The van der Waals surface area contributed by atoms with Crippen molar-refractivity contribution in [1.82, 2.24) is 14.8 Å². The molecule has 5 heteroatoms. The highest BCUT2D eigenvalue weighted by molar-refractivity contribution is 5.77. The minimum Gasteiger partial charge on any atom is -0.380 e. The average molecular weight is 193 g/mol. The maximum atomic E-state index is 11.2. The normalized spacial score (nSPS) is 11.0. The molecule has 0 aliphatic rings. The van der Waals surface area contributed by atoms with Crippen molar-refractivity contribution in [3.05, 3.63) is 28.2 Å². The van der Waals surface area contributed by atoms with E-state index in [-0.39, 0.29) is 5.56 Å². The van der Waals surface area contributed by atoms with Crippen molar-refractivity contribution >= 4 is 11.0 Å². The van der Waals surface area contributed by atoms with Crippen molar-refractivity contribution in [3.8, 4) is 0 Å². The zero-order valence-electron chi connectivity index (χ0n) is 8.07. The first-order valence-corrected chi connectivity index (χ1v) is 4.25. The van der Waals surface area contributed by atoms with Crippen molar-refractivity contribution in [3.63, 3.8) is 0 Å². The summed E-state index contributed by atoms with van der Waals surface area (Å²) in [6.45, 7) is 0.423. The molecule has 2 aromatic heterocycles. The molecule has 0 unspecified atom stereocenters. The lowest BCUT2D eigenvalue weighted by Gasteiger charge is -1.98. The fourth-order valence-corrected chi connectivity index (χ4v) is 1.48. The first kappa shape index (κ1) is 8.96. The molecule has 2 aromatic rings. The summed E-state index contributed by atoms with van der Waals surface area (Å²) in [6.07, 6.45) is 1.86. The van der Waals surface area contributed by atoms with Gasteiger partial charge in [-0.3, -0.25) is 9.48 Å². The van der Waals surface area contributed by atoms with Gasteiger partial charge in [-0.25, -0.2) is 0 Å². The van der Waals surface area contributed by atoms with E-state index in [1.165, 1.54) is 6.07 Å². The van der Waals surface area contributed by atoms with Gasteiger partial charge in [-0.15, -0.1) is 0 Å². The predicted octanol–water partition coefficient (Wildman–Crippen LogP) is 0.408. The van der Waals surface area contributed by atoms with E-state index in [0.29, 0.717) is 12.3 Å². The van der Waals surface area contributed by atoms with Gasteiger partial charge in [-0.2, -0.15) is 5.10 Å². The van der Waals surface area contributed by atoms with Crippen LogP contribution >= 0.6 is 0 Å². The Balaban J connectivity index is 2.72. The van der Waals surface area contributed by atoms with Gasteiger partial charge in [0.1, 0.15) is 0 Å². The van der Waals surface area contributed by atoms with Crippen LogP contribution in [0, 0.1) is 0 Å². The highest BCUT2D eigenvalue weighted by atomic mass is 16.5. The van der Waals surface area contributed by atoms with Gasteiger partial charge in [-0.05, 0) is 5.56 Å². The minimum atomic E-state index is -0.150. The fourth-order valence-electron chi connectivity index (χ4n) is 1.48. The number of nitrogens with one attached hydrogen (secondary N) is 1. The number of aromatic amines is 1. The Labute approximate surface area is 80.3 Å². The topological polar surface area (TPSA) is 59.9 Å². The number of hydrogen-bond acceptors (Lipinski definition) is 3. The number of pyridine rings is 1. The van der Waals surface area contributed by atoms with Gasteiger partial charge in [0.15, 0.2) is 5.65 Å². The summed E-state index contributed by atoms with van der Waals surface area (Å²) in [5.74, 6) is 0. The zero-order chi connectivity index (χ0) is 10.1. The van der Waals surface area contributed by atoms with Crippen LogP contribution < -0.4 is 5.56 Å². The standard InChI is InChI=1S/C9H11N3O2/c1-12-4-7-6(5-14-2)3-8(13)10-9(7)11-12/h3-4H,5H2,1-2H3,(H,10,11,13). The summed E-state index contributed by atoms with van der Waals surface area (Å²) in [7, 11) is 3.41. The lowest BCUT2D eigenvalue weighted by Crippen LogP contribution is -2.06. The maximum Gasteiger partial charge on any atom is 0.249 e. The molecule has 0 saturated carbocycles. The van der Waals surface area contributed by atoms with E-state index < -0.39 is 0 Å². The van der Waals surface area contributed by atoms with E-state index in [0.717, 1.165) is 10.9 Å². The number of aromatic nitrogens is 3. The van der Waals surface area contributed by atoms with Gasteiger partial charge in [0.05, 0.1) is 6.61 Å². The molecule has 74 valence electrons. The molecule has 0 atom stereocenters. The molecule has 14 heavy (non-hydrogen) atoms. The lowest BCUT2D eigenvalue weighted by molar-refractivity contribution is 0.186. The molecule has 2 rings (SSSR count). The van der Waals surface area contributed by atoms with Crippen molar-refractivity contribution in [2.75, 3.05) is 7.11 Å². The van der Waals surface area contributed by atoms with Crippen LogP contribution in [-0.2, 0) is 18.4 Å². The quantitative estimate of drug-likeness (QED) is 0.751. The highest BCUT2D eigenvalue weighted by Crippen LogP contribution is 2.13. The van der Waals surface area contributed by atoms with Crippen LogP contribution in [-0.4, -0.2) is 21.9 Å². The van der Waals surface area contributed by atoms with Gasteiger partial charge < -0.3 is 9.72 Å². The molecule has 0 fully saturated rings. The third kappa shape index (κ3) is 1.42. The second kappa shape index (κ2) is 3.26. The second-order valence-electron chi connectivity index (χ2n) is 3.16. The third-order valence-electron chi connectivity index (χ3n) is 2.02. The molecule has 0 amide bonds. The summed E-state index contributed by atoms with van der Waals surface area (Å²) in [6, 6.07) is 1.54. The Morgan fingerprint density at radius 1 is 1.64 bits per heavy atom. The van der Waals surface area contributed by atoms with E-state index >= 15 is 0 Å². The van der Waals surface area contributed by atoms with Crippen LogP contribution in [0.2, 0.25) is 0 Å². The summed E-state index contributed by atoms with van der Waals surface area (Å²) in [4.78, 5) is 13.9. The van der Waals surface area contributed by atoms with Crippen LogP contribution in [0.25, 0.3) is 11.0 Å². The van der Waals surface area contributed by atoms with E-state index in [9.17, 15) is 4.79 Å². The summed E-state index contributed by atoms with van der Waals surface area (Å²) < 4.78 is 6.68. The van der Waals surface area contributed by atoms with Crippen LogP contribution in [0.4, 0.5) is 0 Å². The van der Waals surface area contributed by atoms with Crippen molar-refractivity contribution in [2.45, 2.75) is 6.61 Å². The lowest BCUT2D eigenvalue weighted by atomic mass is 10.2. The molecule has 0 spiro atoms. The van der Waals surface area contributed by atoms with Gasteiger partial charge >= 0.3 is 0 Å². The molecular weight excluding hydrogens is 182 g/mol. The van der Waals surface area contributed by atoms with Gasteiger partial charge in [0, 0.05) is 31.8 Å². The molecule has 0 radical (unpaired) electrons. The molecule has 0 aromatic carbocycles. The minimum absolute atomic E-state index is 0.150. The van der Waals surface area contributed by atoms with Crippen molar-refractivity contribution in [2.24, 2.45) is 7.05 Å². The van der Waals surface area contributed by atoms with Crippen molar-refractivity contribution in [1.29, 1.82) is 0 Å². The van der Waals surface area contributed by atoms with E-state index in [1.54, 1.807) is 11.8 Å². The summed E-state index contributed by atoms with van der Waals surface area (Å²) in [5, 5.41) is 5.05. The van der Waals surface area contributed by atoms with E-state index in [4.69, 9.17) is 4.74 Å². The molecule has 0 aliphatic carbocycles. The Morgan fingerprint density at radius 3 is 3.14 bits per heavy atom. The second-order valence-corrected chi connectivity index (χ2v) is 3.16. The molecule has 5 nitrogen and oxygen atoms in total. The summed E-state index contributed by atoms with van der Waals surface area (Å²) in [5.41, 5.74) is 1.31. The smallest absolute Gasteiger partial charge is 0.249 e. The Kier molecular flexibility index (Phi) is 2.09. The number of nitrogens with zero attached hydrogens (tertiary/aromatic N) is 2. The van der Waals surface area contributed by atoms with Gasteiger partial charge in [-0.1, -0.05) is 0 Å². The number of methoxy groups -OCH3 is 1. The van der Waals surface area contributed by atoms with Crippen molar-refractivity contribution < 1.29 is 4.74 Å². The predicted molar refractivity (Wildman–Crippen MR) is 52.0 cm³/mol. The van der Waals surface area contributed by atoms with Gasteiger partial charge in [0.2, 0.25) is 5.56 Å². The van der Waals surface area contributed by atoms with Crippen LogP contribution in [0.5, 0.6) is 0 Å². The largest absolute Gasteiger partial charge is 0.380 e. The maximum absolute atomic E-state index is 11.2. The number of H-pyrrole nitrogens is 1. The Morgan fingerprint density at radius 2 is 2.43 bits per heavy atom. The molecule has 2 heterocycles.